The minimum absolute atomic E-state index is 0.558. The molecule has 1 heterocycles. The van der Waals surface area contributed by atoms with Crippen molar-refractivity contribution < 1.29 is 9.47 Å². The third-order valence-electron chi connectivity index (χ3n) is 2.80. The van der Waals surface area contributed by atoms with E-state index in [-0.39, 0.29) is 0 Å². The number of hydrogen-bond acceptors (Lipinski definition) is 4. The summed E-state index contributed by atoms with van der Waals surface area (Å²) in [5.41, 5.74) is 1.13. The Hall–Kier alpha value is -1.11. The zero-order valence-corrected chi connectivity index (χ0v) is 15.0. The van der Waals surface area contributed by atoms with Gasteiger partial charge >= 0.3 is 0 Å². The number of aromatic nitrogens is 1. The smallest absolute Gasteiger partial charge is 0.219 e. The lowest BCUT2D eigenvalue weighted by Crippen LogP contribution is -2.11. The van der Waals surface area contributed by atoms with Crippen LogP contribution in [0.25, 0.3) is 0 Å². The highest BCUT2D eigenvalue weighted by molar-refractivity contribution is 9.11. The summed E-state index contributed by atoms with van der Waals surface area (Å²) in [6, 6.07) is 7.59. The Kier molecular flexibility index (Phi) is 6.02. The van der Waals surface area contributed by atoms with E-state index >= 15 is 0 Å². The van der Waals surface area contributed by atoms with E-state index in [0.29, 0.717) is 11.6 Å². The fraction of sp³-hybridized carbons (Fsp3) is 0.267. The lowest BCUT2D eigenvalue weighted by molar-refractivity contribution is 0.408. The second-order valence-electron chi connectivity index (χ2n) is 4.30. The quantitative estimate of drug-likeness (QED) is 0.753. The molecule has 6 heteroatoms. The molecule has 1 aromatic heterocycles. The predicted molar refractivity (Wildman–Crippen MR) is 90.1 cm³/mol. The first-order valence-electron chi connectivity index (χ1n) is 6.50. The molecule has 0 fully saturated rings. The Balaban J connectivity index is 2.20. The number of hydrogen-bond donors (Lipinski definition) is 1. The van der Waals surface area contributed by atoms with Gasteiger partial charge in [-0.05, 0) is 62.2 Å². The number of ether oxygens (including phenoxy) is 2. The molecule has 0 aliphatic heterocycles. The van der Waals surface area contributed by atoms with Crippen LogP contribution in [0.2, 0.25) is 0 Å². The van der Waals surface area contributed by atoms with Crippen LogP contribution < -0.4 is 14.8 Å². The van der Waals surface area contributed by atoms with Crippen molar-refractivity contribution in [2.45, 2.75) is 13.5 Å². The first-order valence-corrected chi connectivity index (χ1v) is 8.09. The highest BCUT2D eigenvalue weighted by Gasteiger charge is 2.10. The number of nitrogens with zero attached hydrogens (tertiary/aromatic N) is 1. The molecular weight excluding hydrogens is 400 g/mol. The van der Waals surface area contributed by atoms with Crippen molar-refractivity contribution in [3.63, 3.8) is 0 Å². The monoisotopic (exact) mass is 414 g/mol. The SMILES string of the molecule is CCNCc1ccnc(Oc2cc(Br)c(OC)cc2Br)c1. The number of methoxy groups -OCH3 is 1. The van der Waals surface area contributed by atoms with E-state index in [1.165, 1.54) is 0 Å². The van der Waals surface area contributed by atoms with Gasteiger partial charge in [-0.15, -0.1) is 0 Å². The van der Waals surface area contributed by atoms with E-state index in [4.69, 9.17) is 9.47 Å². The largest absolute Gasteiger partial charge is 0.496 e. The summed E-state index contributed by atoms with van der Waals surface area (Å²) in [4.78, 5) is 4.24. The Morgan fingerprint density at radius 2 is 1.86 bits per heavy atom. The minimum atomic E-state index is 0.558. The normalized spacial score (nSPS) is 10.5. The molecule has 0 radical (unpaired) electrons. The van der Waals surface area contributed by atoms with Crippen LogP contribution in [-0.2, 0) is 6.54 Å². The van der Waals surface area contributed by atoms with Crippen molar-refractivity contribution in [1.29, 1.82) is 0 Å². The molecular formula is C15H16Br2N2O2. The van der Waals surface area contributed by atoms with Gasteiger partial charge in [0.15, 0.2) is 0 Å². The molecule has 1 N–H and O–H groups in total. The standard InChI is InChI=1S/C15H16Br2N2O2/c1-3-18-9-10-4-5-19-15(6-10)21-14-8-11(16)13(20-2)7-12(14)17/h4-8,18H,3,9H2,1-2H3. The van der Waals surface area contributed by atoms with Crippen molar-refractivity contribution in [3.05, 3.63) is 45.0 Å². The molecule has 0 bridgehead atoms. The van der Waals surface area contributed by atoms with Gasteiger partial charge in [-0.2, -0.15) is 0 Å². The Bertz CT molecular complexity index is 621. The van der Waals surface area contributed by atoms with Gasteiger partial charge in [0, 0.05) is 18.8 Å². The summed E-state index contributed by atoms with van der Waals surface area (Å²) >= 11 is 6.92. The van der Waals surface area contributed by atoms with Crippen molar-refractivity contribution in [1.82, 2.24) is 10.3 Å². The molecule has 1 aromatic carbocycles. The zero-order valence-electron chi connectivity index (χ0n) is 11.8. The van der Waals surface area contributed by atoms with Crippen LogP contribution in [0.15, 0.2) is 39.4 Å². The molecule has 0 saturated heterocycles. The third kappa shape index (κ3) is 4.43. The lowest BCUT2D eigenvalue weighted by atomic mass is 10.2. The third-order valence-corrected chi connectivity index (χ3v) is 4.04. The molecule has 21 heavy (non-hydrogen) atoms. The molecule has 4 nitrogen and oxygen atoms in total. The zero-order chi connectivity index (χ0) is 15.2. The van der Waals surface area contributed by atoms with Gasteiger partial charge in [-0.3, -0.25) is 0 Å². The summed E-state index contributed by atoms with van der Waals surface area (Å²) in [6.45, 7) is 3.79. The van der Waals surface area contributed by atoms with Gasteiger partial charge in [0.1, 0.15) is 11.5 Å². The van der Waals surface area contributed by atoms with Crippen LogP contribution in [-0.4, -0.2) is 18.6 Å². The number of pyridine rings is 1. The van der Waals surface area contributed by atoms with E-state index < -0.39 is 0 Å². The van der Waals surface area contributed by atoms with Crippen LogP contribution >= 0.6 is 31.9 Å². The van der Waals surface area contributed by atoms with E-state index in [0.717, 1.165) is 33.3 Å². The molecule has 0 saturated carbocycles. The summed E-state index contributed by atoms with van der Waals surface area (Å²) in [7, 11) is 1.62. The lowest BCUT2D eigenvalue weighted by Gasteiger charge is -2.11. The van der Waals surface area contributed by atoms with Crippen LogP contribution in [0.4, 0.5) is 0 Å². The topological polar surface area (TPSA) is 43.4 Å². The van der Waals surface area contributed by atoms with Gasteiger partial charge in [0.05, 0.1) is 16.1 Å². The Morgan fingerprint density at radius 3 is 2.57 bits per heavy atom. The number of halogens is 2. The van der Waals surface area contributed by atoms with Crippen LogP contribution in [0, 0.1) is 0 Å². The molecule has 0 aliphatic carbocycles. The van der Waals surface area contributed by atoms with E-state index in [2.05, 4.69) is 49.1 Å². The Labute approximate surface area is 141 Å². The Morgan fingerprint density at radius 1 is 1.14 bits per heavy atom. The van der Waals surface area contributed by atoms with Crippen LogP contribution in [0.1, 0.15) is 12.5 Å². The molecule has 2 aromatic rings. The van der Waals surface area contributed by atoms with Crippen molar-refractivity contribution in [2.75, 3.05) is 13.7 Å². The van der Waals surface area contributed by atoms with Crippen LogP contribution in [0.3, 0.4) is 0 Å². The fourth-order valence-electron chi connectivity index (χ4n) is 1.74. The number of benzene rings is 1. The van der Waals surface area contributed by atoms with Gasteiger partial charge in [0.2, 0.25) is 5.88 Å². The summed E-state index contributed by atoms with van der Waals surface area (Å²) in [5.74, 6) is 1.97. The maximum Gasteiger partial charge on any atom is 0.219 e. The number of rotatable bonds is 6. The highest BCUT2D eigenvalue weighted by atomic mass is 79.9. The molecule has 0 amide bonds. The molecule has 0 spiro atoms. The molecule has 0 atom stereocenters. The number of nitrogens with one attached hydrogen (secondary N) is 1. The second kappa shape index (κ2) is 7.77. The summed E-state index contributed by atoms with van der Waals surface area (Å²) in [6.07, 6.45) is 1.74. The van der Waals surface area contributed by atoms with Gasteiger partial charge in [-0.1, -0.05) is 6.92 Å². The molecule has 0 unspecified atom stereocenters. The van der Waals surface area contributed by atoms with E-state index in [1.807, 2.05) is 24.3 Å². The van der Waals surface area contributed by atoms with E-state index in [9.17, 15) is 0 Å². The maximum absolute atomic E-state index is 5.84. The van der Waals surface area contributed by atoms with Crippen LogP contribution in [0.5, 0.6) is 17.4 Å². The molecule has 2 rings (SSSR count). The van der Waals surface area contributed by atoms with Gasteiger partial charge in [0.25, 0.3) is 0 Å². The summed E-state index contributed by atoms with van der Waals surface area (Å²) in [5, 5.41) is 3.27. The molecule has 112 valence electrons. The average Bonchev–Trinajstić information content (AvgIpc) is 2.49. The van der Waals surface area contributed by atoms with Crippen molar-refractivity contribution in [3.8, 4) is 17.4 Å². The van der Waals surface area contributed by atoms with Crippen molar-refractivity contribution >= 4 is 31.9 Å². The second-order valence-corrected chi connectivity index (χ2v) is 6.01. The maximum atomic E-state index is 5.84. The first kappa shape index (κ1) is 16.3. The van der Waals surface area contributed by atoms with Gasteiger partial charge in [-0.25, -0.2) is 4.98 Å². The van der Waals surface area contributed by atoms with Gasteiger partial charge < -0.3 is 14.8 Å². The average molecular weight is 416 g/mol. The summed E-state index contributed by atoms with van der Waals surface area (Å²) < 4.78 is 12.7. The molecule has 0 aliphatic rings. The first-order chi connectivity index (χ1) is 10.1. The van der Waals surface area contributed by atoms with E-state index in [1.54, 1.807) is 13.3 Å². The minimum Gasteiger partial charge on any atom is -0.496 e. The van der Waals surface area contributed by atoms with Crippen molar-refractivity contribution in [2.24, 2.45) is 0 Å². The highest BCUT2D eigenvalue weighted by Crippen LogP contribution is 2.37. The fourth-order valence-corrected chi connectivity index (χ4v) is 2.63. The predicted octanol–water partition coefficient (Wildman–Crippen LogP) is 4.52.